The molecule has 104 valence electrons. The molecule has 0 spiro atoms. The van der Waals surface area contributed by atoms with Crippen LogP contribution in [0.2, 0.25) is 0 Å². The van der Waals surface area contributed by atoms with E-state index < -0.39 is 5.54 Å². The summed E-state index contributed by atoms with van der Waals surface area (Å²) in [7, 11) is 1.47. The fourth-order valence-corrected chi connectivity index (χ4v) is 3.08. The third-order valence-electron chi connectivity index (χ3n) is 3.79. The molecule has 0 amide bonds. The summed E-state index contributed by atoms with van der Waals surface area (Å²) < 4.78 is 5.10. The van der Waals surface area contributed by atoms with E-state index >= 15 is 0 Å². The van der Waals surface area contributed by atoms with Crippen LogP contribution in [0.1, 0.15) is 44.2 Å². The second kappa shape index (κ2) is 5.74. The lowest BCUT2D eigenvalue weighted by atomic mass is 9.83. The van der Waals surface area contributed by atoms with Gasteiger partial charge in [0.1, 0.15) is 5.54 Å². The minimum atomic E-state index is -0.685. The Morgan fingerprint density at radius 1 is 1.32 bits per heavy atom. The first-order chi connectivity index (χ1) is 9.10. The lowest BCUT2D eigenvalue weighted by Gasteiger charge is -2.34. The summed E-state index contributed by atoms with van der Waals surface area (Å²) in [6.45, 7) is 4.14. The quantitative estimate of drug-likeness (QED) is 0.671. The van der Waals surface area contributed by atoms with E-state index in [1.807, 2.05) is 12.1 Å². The summed E-state index contributed by atoms with van der Waals surface area (Å²) in [5.74, 6) is -0.171. The number of hydrogen-bond acceptors (Lipinski definition) is 3. The number of nitrogens with one attached hydrogen (secondary N) is 1. The van der Waals surface area contributed by atoms with E-state index in [9.17, 15) is 4.79 Å². The van der Waals surface area contributed by atoms with Crippen molar-refractivity contribution in [3.05, 3.63) is 35.4 Å². The second-order valence-electron chi connectivity index (χ2n) is 5.56. The Morgan fingerprint density at radius 2 is 2.05 bits per heavy atom. The Morgan fingerprint density at radius 3 is 2.74 bits per heavy atom. The number of aryl methyl sites for hydroxylation is 1. The smallest absolute Gasteiger partial charge is 0.330 e. The molecule has 2 rings (SSSR count). The lowest BCUT2D eigenvalue weighted by molar-refractivity contribution is -0.150. The van der Waals surface area contributed by atoms with Crippen LogP contribution < -0.4 is 5.32 Å². The van der Waals surface area contributed by atoms with E-state index in [4.69, 9.17) is 4.74 Å². The number of ether oxygens (including phenoxy) is 1. The van der Waals surface area contributed by atoms with Crippen molar-refractivity contribution in [1.29, 1.82) is 0 Å². The summed E-state index contributed by atoms with van der Waals surface area (Å²) in [6, 6.07) is 8.46. The summed E-state index contributed by atoms with van der Waals surface area (Å²) in [5.41, 5.74) is 1.67. The highest BCUT2D eigenvalue weighted by Gasteiger charge is 2.43. The average molecular weight is 261 g/mol. The molecule has 0 bridgehead atoms. The Kier molecular flexibility index (Phi) is 4.25. The van der Waals surface area contributed by atoms with E-state index in [0.29, 0.717) is 0 Å². The van der Waals surface area contributed by atoms with Gasteiger partial charge in [0.05, 0.1) is 7.11 Å². The molecule has 0 radical (unpaired) electrons. The van der Waals surface area contributed by atoms with Crippen molar-refractivity contribution in [2.24, 2.45) is 0 Å². The van der Waals surface area contributed by atoms with Crippen LogP contribution in [0.25, 0.3) is 0 Å². The van der Waals surface area contributed by atoms with Gasteiger partial charge < -0.3 is 4.74 Å². The maximum atomic E-state index is 12.5. The van der Waals surface area contributed by atoms with Gasteiger partial charge >= 0.3 is 5.97 Å². The number of esters is 1. The molecule has 0 aliphatic heterocycles. The number of carbonyl (C=O) groups is 1. The fraction of sp³-hybridized carbons (Fsp3) is 0.562. The summed E-state index contributed by atoms with van der Waals surface area (Å²) >= 11 is 0. The minimum Gasteiger partial charge on any atom is -0.467 e. The van der Waals surface area contributed by atoms with Crippen molar-refractivity contribution >= 4 is 5.97 Å². The van der Waals surface area contributed by atoms with Gasteiger partial charge in [0.15, 0.2) is 0 Å². The maximum Gasteiger partial charge on any atom is 0.330 e. The van der Waals surface area contributed by atoms with Crippen LogP contribution in [0.4, 0.5) is 0 Å². The molecule has 1 aromatic rings. The highest BCUT2D eigenvalue weighted by molar-refractivity contribution is 5.83. The minimum absolute atomic E-state index is 0.171. The molecule has 1 aromatic carbocycles. The van der Waals surface area contributed by atoms with Gasteiger partial charge in [0.2, 0.25) is 0 Å². The van der Waals surface area contributed by atoms with Gasteiger partial charge in [-0.1, -0.05) is 30.7 Å². The molecule has 1 aliphatic carbocycles. The molecule has 0 saturated carbocycles. The van der Waals surface area contributed by atoms with Gasteiger partial charge in [-0.3, -0.25) is 5.32 Å². The first-order valence-electron chi connectivity index (χ1n) is 7.04. The molecular formula is C16H23NO2. The van der Waals surface area contributed by atoms with Gasteiger partial charge in [-0.25, -0.2) is 4.79 Å². The molecule has 1 aliphatic rings. The SMILES string of the molecule is COC(=O)C1(NC(C)C)CCCCc2ccccc21. The Balaban J connectivity index is 2.54. The standard InChI is InChI=1S/C16H23NO2/c1-12(2)17-16(15(18)19-3)11-7-6-9-13-8-4-5-10-14(13)16/h4-5,8,10,12,17H,6-7,9,11H2,1-3H3. The zero-order chi connectivity index (χ0) is 13.9. The van der Waals surface area contributed by atoms with Gasteiger partial charge in [-0.2, -0.15) is 0 Å². The number of rotatable bonds is 3. The molecule has 19 heavy (non-hydrogen) atoms. The van der Waals surface area contributed by atoms with Gasteiger partial charge in [0.25, 0.3) is 0 Å². The molecule has 3 heteroatoms. The average Bonchev–Trinajstić information content (AvgIpc) is 2.58. The largest absolute Gasteiger partial charge is 0.467 e. The maximum absolute atomic E-state index is 12.5. The number of hydrogen-bond donors (Lipinski definition) is 1. The van der Waals surface area contributed by atoms with Crippen LogP contribution in [-0.2, 0) is 21.5 Å². The molecule has 1 atom stereocenters. The van der Waals surface area contributed by atoms with Crippen molar-refractivity contribution in [3.8, 4) is 0 Å². The predicted octanol–water partition coefficient (Wildman–Crippen LogP) is 2.78. The molecule has 0 aromatic heterocycles. The highest BCUT2D eigenvalue weighted by Crippen LogP contribution is 2.35. The van der Waals surface area contributed by atoms with Crippen LogP contribution in [0.15, 0.2) is 24.3 Å². The van der Waals surface area contributed by atoms with Crippen LogP contribution in [-0.4, -0.2) is 19.1 Å². The Bertz CT molecular complexity index is 456. The molecule has 1 unspecified atom stereocenters. The van der Waals surface area contributed by atoms with Crippen LogP contribution in [0.3, 0.4) is 0 Å². The highest BCUT2D eigenvalue weighted by atomic mass is 16.5. The van der Waals surface area contributed by atoms with E-state index in [1.54, 1.807) is 0 Å². The molecule has 3 nitrogen and oxygen atoms in total. The predicted molar refractivity (Wildman–Crippen MR) is 76.0 cm³/mol. The number of benzene rings is 1. The number of methoxy groups -OCH3 is 1. The lowest BCUT2D eigenvalue weighted by Crippen LogP contribution is -2.52. The van der Waals surface area contributed by atoms with Gasteiger partial charge in [0, 0.05) is 6.04 Å². The van der Waals surface area contributed by atoms with Gasteiger partial charge in [-0.15, -0.1) is 0 Å². The second-order valence-corrected chi connectivity index (χ2v) is 5.56. The van der Waals surface area contributed by atoms with E-state index in [0.717, 1.165) is 31.2 Å². The normalized spacial score (nSPS) is 22.7. The number of carbonyl (C=O) groups excluding carboxylic acids is 1. The Hall–Kier alpha value is -1.35. The van der Waals surface area contributed by atoms with Gasteiger partial charge in [-0.05, 0) is 44.2 Å². The molecular weight excluding hydrogens is 238 g/mol. The summed E-state index contributed by atoms with van der Waals surface area (Å²) in [5, 5.41) is 3.47. The molecule has 1 N–H and O–H groups in total. The zero-order valence-corrected chi connectivity index (χ0v) is 12.0. The van der Waals surface area contributed by atoms with Crippen LogP contribution >= 0.6 is 0 Å². The fourth-order valence-electron chi connectivity index (χ4n) is 3.08. The van der Waals surface area contributed by atoms with E-state index in [1.165, 1.54) is 12.7 Å². The zero-order valence-electron chi connectivity index (χ0n) is 12.0. The van der Waals surface area contributed by atoms with Crippen LogP contribution in [0, 0.1) is 0 Å². The molecule has 0 fully saturated rings. The van der Waals surface area contributed by atoms with E-state index in [-0.39, 0.29) is 12.0 Å². The first kappa shape index (κ1) is 14.1. The first-order valence-corrected chi connectivity index (χ1v) is 7.04. The van der Waals surface area contributed by atoms with Crippen molar-refractivity contribution < 1.29 is 9.53 Å². The third-order valence-corrected chi connectivity index (χ3v) is 3.79. The molecule has 0 heterocycles. The van der Waals surface area contributed by atoms with E-state index in [2.05, 4.69) is 31.3 Å². The number of fused-ring (bicyclic) bond motifs is 1. The van der Waals surface area contributed by atoms with Crippen LogP contribution in [0.5, 0.6) is 0 Å². The topological polar surface area (TPSA) is 38.3 Å². The third kappa shape index (κ3) is 2.66. The Labute approximate surface area is 115 Å². The monoisotopic (exact) mass is 261 g/mol. The van der Waals surface area contributed by atoms with Crippen molar-refractivity contribution in [1.82, 2.24) is 5.32 Å². The summed E-state index contributed by atoms with van der Waals surface area (Å²) in [6.07, 6.45) is 3.99. The van der Waals surface area contributed by atoms with Crippen molar-refractivity contribution in [3.63, 3.8) is 0 Å². The van der Waals surface area contributed by atoms with Crippen molar-refractivity contribution in [2.75, 3.05) is 7.11 Å². The summed E-state index contributed by atoms with van der Waals surface area (Å²) in [4.78, 5) is 12.5. The molecule has 0 saturated heterocycles. The van der Waals surface area contributed by atoms with Crippen molar-refractivity contribution in [2.45, 2.75) is 51.1 Å².